The summed E-state index contributed by atoms with van der Waals surface area (Å²) >= 11 is 5.88. The number of carbonyl (C=O) groups is 1. The van der Waals surface area contributed by atoms with Crippen LogP contribution in [-0.2, 0) is 11.3 Å². The smallest absolute Gasteiger partial charge is 0.338 e. The van der Waals surface area contributed by atoms with E-state index in [2.05, 4.69) is 20.7 Å². The molecule has 0 spiro atoms. The summed E-state index contributed by atoms with van der Waals surface area (Å²) in [5.41, 5.74) is 2.52. The van der Waals surface area contributed by atoms with Gasteiger partial charge in [-0.3, -0.25) is 0 Å². The van der Waals surface area contributed by atoms with E-state index in [9.17, 15) is 4.79 Å². The van der Waals surface area contributed by atoms with Crippen LogP contribution in [0.25, 0.3) is 16.9 Å². The third kappa shape index (κ3) is 3.85. The molecule has 8 nitrogen and oxygen atoms in total. The maximum atomic E-state index is 12.3. The van der Waals surface area contributed by atoms with E-state index in [1.807, 2.05) is 12.1 Å². The fourth-order valence-corrected chi connectivity index (χ4v) is 2.54. The molecule has 2 aromatic heterocycles. The number of esters is 1. The number of carbonyl (C=O) groups excluding carboxylic acids is 1. The van der Waals surface area contributed by atoms with Gasteiger partial charge in [0.05, 0.1) is 11.3 Å². The lowest BCUT2D eigenvalue weighted by atomic mass is 10.1. The molecule has 0 N–H and O–H groups in total. The molecule has 4 rings (SSSR count). The third-order valence-corrected chi connectivity index (χ3v) is 3.99. The Bertz CT molecular complexity index is 1060. The molecule has 0 fully saturated rings. The SMILES string of the molecule is O=C(OCc1cc(-c2ccc(Cl)cc2)no1)c1cccc(-n2cnnn2)c1. The summed E-state index contributed by atoms with van der Waals surface area (Å²) in [5, 5.41) is 15.5. The minimum atomic E-state index is -0.491. The van der Waals surface area contributed by atoms with Gasteiger partial charge in [0.2, 0.25) is 0 Å². The van der Waals surface area contributed by atoms with Gasteiger partial charge in [-0.15, -0.1) is 5.10 Å². The number of benzene rings is 2. The van der Waals surface area contributed by atoms with Crippen molar-refractivity contribution in [1.82, 2.24) is 25.4 Å². The molecule has 0 saturated heterocycles. The summed E-state index contributed by atoms with van der Waals surface area (Å²) in [4.78, 5) is 12.3. The van der Waals surface area contributed by atoms with Crippen molar-refractivity contribution in [3.63, 3.8) is 0 Å². The van der Waals surface area contributed by atoms with E-state index < -0.39 is 5.97 Å². The number of ether oxygens (including phenoxy) is 1. The summed E-state index contributed by atoms with van der Waals surface area (Å²) < 4.78 is 12.0. The van der Waals surface area contributed by atoms with Crippen LogP contribution in [0.4, 0.5) is 0 Å². The van der Waals surface area contributed by atoms with Crippen LogP contribution in [-0.4, -0.2) is 31.3 Å². The van der Waals surface area contributed by atoms with Gasteiger partial charge in [0.25, 0.3) is 0 Å². The fraction of sp³-hybridized carbons (Fsp3) is 0.0556. The van der Waals surface area contributed by atoms with E-state index in [0.717, 1.165) is 5.56 Å². The highest BCUT2D eigenvalue weighted by molar-refractivity contribution is 6.30. The van der Waals surface area contributed by atoms with Crippen molar-refractivity contribution in [1.29, 1.82) is 0 Å². The van der Waals surface area contributed by atoms with Crippen molar-refractivity contribution < 1.29 is 14.1 Å². The Kier molecular flexibility index (Phi) is 4.63. The lowest BCUT2D eigenvalue weighted by Crippen LogP contribution is -2.06. The highest BCUT2D eigenvalue weighted by Gasteiger charge is 2.12. The number of rotatable bonds is 5. The van der Waals surface area contributed by atoms with Crippen LogP contribution in [0.2, 0.25) is 5.02 Å². The first-order chi connectivity index (χ1) is 13.2. The Balaban J connectivity index is 1.43. The van der Waals surface area contributed by atoms with Crippen molar-refractivity contribution in [3.05, 3.63) is 77.3 Å². The van der Waals surface area contributed by atoms with Gasteiger partial charge in [0.1, 0.15) is 12.0 Å². The first kappa shape index (κ1) is 16.9. The van der Waals surface area contributed by atoms with E-state index in [1.54, 1.807) is 42.5 Å². The molecule has 9 heteroatoms. The highest BCUT2D eigenvalue weighted by atomic mass is 35.5. The second-order valence-corrected chi connectivity index (χ2v) is 6.00. The molecule has 0 amide bonds. The Morgan fingerprint density at radius 1 is 1.15 bits per heavy atom. The van der Waals surface area contributed by atoms with Crippen molar-refractivity contribution in [2.75, 3.05) is 0 Å². The van der Waals surface area contributed by atoms with Crippen molar-refractivity contribution in [2.24, 2.45) is 0 Å². The zero-order chi connectivity index (χ0) is 18.6. The molecule has 0 unspecified atom stereocenters. The summed E-state index contributed by atoms with van der Waals surface area (Å²) in [6.45, 7) is -0.0332. The Morgan fingerprint density at radius 3 is 2.78 bits per heavy atom. The number of tetrazole rings is 1. The predicted molar refractivity (Wildman–Crippen MR) is 95.2 cm³/mol. The van der Waals surface area contributed by atoms with Gasteiger partial charge < -0.3 is 9.26 Å². The van der Waals surface area contributed by atoms with Crippen LogP contribution in [0, 0.1) is 0 Å². The Morgan fingerprint density at radius 2 is 2.00 bits per heavy atom. The minimum absolute atomic E-state index is 0.0332. The molecule has 0 aliphatic rings. The first-order valence-electron chi connectivity index (χ1n) is 7.91. The molecule has 0 saturated carbocycles. The van der Waals surface area contributed by atoms with E-state index in [4.69, 9.17) is 20.9 Å². The standard InChI is InChI=1S/C18H12ClN5O3/c19-14-6-4-12(5-7-14)17-9-16(27-21-17)10-26-18(25)13-2-1-3-15(8-13)24-11-20-22-23-24/h1-9,11H,10H2. The quantitative estimate of drug-likeness (QED) is 0.489. The number of hydrogen-bond acceptors (Lipinski definition) is 7. The topological polar surface area (TPSA) is 95.9 Å². The van der Waals surface area contributed by atoms with Gasteiger partial charge in [0.15, 0.2) is 12.4 Å². The van der Waals surface area contributed by atoms with Gasteiger partial charge in [-0.25, -0.2) is 9.48 Å². The molecule has 2 aromatic carbocycles. The lowest BCUT2D eigenvalue weighted by molar-refractivity contribution is 0.0437. The lowest BCUT2D eigenvalue weighted by Gasteiger charge is -2.04. The Labute approximate surface area is 158 Å². The third-order valence-electron chi connectivity index (χ3n) is 3.74. The summed E-state index contributed by atoms with van der Waals surface area (Å²) in [6, 6.07) is 15.7. The molecule has 0 bridgehead atoms. The van der Waals surface area contributed by atoms with Crippen LogP contribution in [0.15, 0.2) is 65.4 Å². The highest BCUT2D eigenvalue weighted by Crippen LogP contribution is 2.22. The predicted octanol–water partition coefficient (Wildman–Crippen LogP) is 3.33. The number of aromatic nitrogens is 5. The maximum absolute atomic E-state index is 12.3. The van der Waals surface area contributed by atoms with Crippen LogP contribution in [0.1, 0.15) is 16.1 Å². The molecule has 134 valence electrons. The molecule has 0 radical (unpaired) electrons. The second kappa shape index (κ2) is 7.38. The van der Waals surface area contributed by atoms with E-state index in [0.29, 0.717) is 27.7 Å². The number of hydrogen-bond donors (Lipinski definition) is 0. The summed E-state index contributed by atoms with van der Waals surface area (Å²) in [6.07, 6.45) is 1.44. The average molecular weight is 382 g/mol. The average Bonchev–Trinajstić information content (AvgIpc) is 3.39. The van der Waals surface area contributed by atoms with E-state index in [1.165, 1.54) is 11.0 Å². The summed E-state index contributed by atoms with van der Waals surface area (Å²) in [7, 11) is 0. The maximum Gasteiger partial charge on any atom is 0.338 e. The van der Waals surface area contributed by atoms with Crippen LogP contribution in [0.5, 0.6) is 0 Å². The minimum Gasteiger partial charge on any atom is -0.454 e. The zero-order valence-corrected chi connectivity index (χ0v) is 14.6. The molecular formula is C18H12ClN5O3. The normalized spacial score (nSPS) is 10.7. The number of nitrogens with zero attached hydrogens (tertiary/aromatic N) is 5. The molecular weight excluding hydrogens is 370 g/mol. The van der Waals surface area contributed by atoms with Crippen molar-refractivity contribution in [2.45, 2.75) is 6.61 Å². The van der Waals surface area contributed by atoms with Crippen molar-refractivity contribution >= 4 is 17.6 Å². The van der Waals surface area contributed by atoms with Crippen LogP contribution < -0.4 is 0 Å². The monoisotopic (exact) mass is 381 g/mol. The van der Waals surface area contributed by atoms with E-state index >= 15 is 0 Å². The zero-order valence-electron chi connectivity index (χ0n) is 13.8. The van der Waals surface area contributed by atoms with Gasteiger partial charge in [0, 0.05) is 16.7 Å². The molecule has 0 aliphatic heterocycles. The Hall–Kier alpha value is -3.52. The van der Waals surface area contributed by atoms with E-state index in [-0.39, 0.29) is 6.61 Å². The summed E-state index contributed by atoms with van der Waals surface area (Å²) in [5.74, 6) is -0.0562. The van der Waals surface area contributed by atoms with Gasteiger partial charge in [-0.1, -0.05) is 35.0 Å². The molecule has 2 heterocycles. The largest absolute Gasteiger partial charge is 0.454 e. The van der Waals surface area contributed by atoms with Crippen LogP contribution >= 0.6 is 11.6 Å². The van der Waals surface area contributed by atoms with Crippen LogP contribution in [0.3, 0.4) is 0 Å². The van der Waals surface area contributed by atoms with Crippen molar-refractivity contribution in [3.8, 4) is 16.9 Å². The molecule has 0 aliphatic carbocycles. The van der Waals surface area contributed by atoms with Gasteiger partial charge in [-0.05, 0) is 40.8 Å². The van der Waals surface area contributed by atoms with Gasteiger partial charge >= 0.3 is 5.97 Å². The molecule has 0 atom stereocenters. The first-order valence-corrected chi connectivity index (χ1v) is 8.29. The second-order valence-electron chi connectivity index (χ2n) is 5.57. The van der Waals surface area contributed by atoms with Gasteiger partial charge in [-0.2, -0.15) is 0 Å². The molecule has 27 heavy (non-hydrogen) atoms. The molecule has 4 aromatic rings. The number of halogens is 1. The fourth-order valence-electron chi connectivity index (χ4n) is 2.41.